The third-order valence-electron chi connectivity index (χ3n) is 4.19. The lowest BCUT2D eigenvalue weighted by atomic mass is 10.1. The van der Waals surface area contributed by atoms with Crippen LogP contribution in [-0.2, 0) is 6.61 Å². The third kappa shape index (κ3) is 3.59. The van der Waals surface area contributed by atoms with E-state index in [2.05, 4.69) is 15.9 Å². The van der Waals surface area contributed by atoms with Crippen molar-refractivity contribution in [1.29, 1.82) is 0 Å². The number of hydrogen-bond donors (Lipinski definition) is 1. The van der Waals surface area contributed by atoms with Crippen molar-refractivity contribution in [3.8, 4) is 22.8 Å². The number of benzene rings is 3. The number of halogens is 1. The van der Waals surface area contributed by atoms with Crippen LogP contribution in [0.4, 0.5) is 0 Å². The number of phenolic OH excluding ortho intramolecular Hbond substituents is 1. The van der Waals surface area contributed by atoms with Gasteiger partial charge in [-0.15, -0.1) is 0 Å². The van der Waals surface area contributed by atoms with E-state index >= 15 is 0 Å². The van der Waals surface area contributed by atoms with Gasteiger partial charge >= 0.3 is 0 Å². The molecule has 0 radical (unpaired) electrons. The smallest absolute Gasteiger partial charge is 0.197 e. The second-order valence-electron chi connectivity index (χ2n) is 6.04. The minimum atomic E-state index is -0.301. The molecule has 0 aliphatic carbocycles. The zero-order valence-corrected chi connectivity index (χ0v) is 15.8. The fraction of sp³-hybridized carbons (Fsp3) is 0.0455. The Morgan fingerprint density at radius 1 is 0.963 bits per heavy atom. The molecular weight excluding hydrogens is 408 g/mol. The van der Waals surface area contributed by atoms with Crippen LogP contribution in [0.15, 0.2) is 86.5 Å². The van der Waals surface area contributed by atoms with Crippen LogP contribution in [0, 0.1) is 0 Å². The molecule has 0 saturated carbocycles. The number of hydrogen-bond acceptors (Lipinski definition) is 4. The molecule has 0 aliphatic heterocycles. The lowest BCUT2D eigenvalue weighted by Gasteiger charge is -2.10. The van der Waals surface area contributed by atoms with Crippen LogP contribution in [0.1, 0.15) is 5.56 Å². The van der Waals surface area contributed by atoms with Crippen molar-refractivity contribution < 1.29 is 14.3 Å². The third-order valence-corrected chi connectivity index (χ3v) is 4.97. The SMILES string of the molecule is O=c1cc(-c2ccccc2)oc2cc(OCc3ccccc3Br)cc(O)c12. The van der Waals surface area contributed by atoms with Crippen LogP contribution in [0.2, 0.25) is 0 Å². The molecule has 1 heterocycles. The summed E-state index contributed by atoms with van der Waals surface area (Å²) in [5.41, 5.74) is 1.74. The van der Waals surface area contributed by atoms with Gasteiger partial charge in [-0.3, -0.25) is 4.79 Å². The topological polar surface area (TPSA) is 59.7 Å². The molecule has 0 bridgehead atoms. The molecule has 0 amide bonds. The molecule has 1 aromatic heterocycles. The molecular formula is C22H15BrO4. The summed E-state index contributed by atoms with van der Waals surface area (Å²) in [6, 6.07) is 21.5. The Morgan fingerprint density at radius 2 is 1.70 bits per heavy atom. The average Bonchev–Trinajstić information content (AvgIpc) is 2.67. The Labute approximate surface area is 163 Å². The van der Waals surface area contributed by atoms with Crippen molar-refractivity contribution in [3.05, 3.63) is 93.1 Å². The second-order valence-corrected chi connectivity index (χ2v) is 6.89. The molecule has 4 rings (SSSR count). The maximum atomic E-state index is 12.5. The number of phenols is 1. The zero-order chi connectivity index (χ0) is 18.8. The first-order valence-electron chi connectivity index (χ1n) is 8.34. The van der Waals surface area contributed by atoms with Gasteiger partial charge in [0.05, 0.1) is 0 Å². The van der Waals surface area contributed by atoms with E-state index in [1.165, 1.54) is 12.1 Å². The van der Waals surface area contributed by atoms with Gasteiger partial charge in [0.2, 0.25) is 0 Å². The van der Waals surface area contributed by atoms with Crippen molar-refractivity contribution in [3.63, 3.8) is 0 Å². The van der Waals surface area contributed by atoms with Crippen molar-refractivity contribution >= 4 is 26.9 Å². The van der Waals surface area contributed by atoms with Crippen molar-refractivity contribution in [1.82, 2.24) is 0 Å². The van der Waals surface area contributed by atoms with Gasteiger partial charge < -0.3 is 14.3 Å². The molecule has 134 valence electrons. The number of rotatable bonds is 4. The Bertz CT molecular complexity index is 1170. The summed E-state index contributed by atoms with van der Waals surface area (Å²) in [5.74, 6) is 0.697. The van der Waals surface area contributed by atoms with Gasteiger partial charge in [0.25, 0.3) is 0 Å². The second kappa shape index (κ2) is 7.29. The van der Waals surface area contributed by atoms with Crippen LogP contribution >= 0.6 is 15.9 Å². The van der Waals surface area contributed by atoms with E-state index < -0.39 is 0 Å². The summed E-state index contributed by atoms with van der Waals surface area (Å²) < 4.78 is 12.6. The highest BCUT2D eigenvalue weighted by molar-refractivity contribution is 9.10. The van der Waals surface area contributed by atoms with Crippen LogP contribution in [0.3, 0.4) is 0 Å². The Morgan fingerprint density at radius 3 is 2.48 bits per heavy atom. The van der Waals surface area contributed by atoms with Gasteiger partial charge in [-0.1, -0.05) is 64.5 Å². The van der Waals surface area contributed by atoms with Gasteiger partial charge in [0.1, 0.15) is 34.8 Å². The maximum absolute atomic E-state index is 12.5. The normalized spacial score (nSPS) is 10.9. The maximum Gasteiger partial charge on any atom is 0.197 e. The van der Waals surface area contributed by atoms with Gasteiger partial charge in [0, 0.05) is 33.8 Å². The largest absolute Gasteiger partial charge is 0.507 e. The predicted molar refractivity (Wildman–Crippen MR) is 108 cm³/mol. The summed E-state index contributed by atoms with van der Waals surface area (Å²) in [6.07, 6.45) is 0. The first-order valence-corrected chi connectivity index (χ1v) is 9.13. The quantitative estimate of drug-likeness (QED) is 0.471. The standard InChI is InChI=1S/C22H15BrO4/c23-17-9-5-4-8-15(17)13-26-16-10-18(24)22-19(25)12-20(27-21(22)11-16)14-6-2-1-3-7-14/h1-12,24H,13H2. The lowest BCUT2D eigenvalue weighted by molar-refractivity contribution is 0.304. The summed E-state index contributed by atoms with van der Waals surface area (Å²) in [4.78, 5) is 12.5. The number of aromatic hydroxyl groups is 1. The monoisotopic (exact) mass is 422 g/mol. The molecule has 0 saturated heterocycles. The molecule has 1 N–H and O–H groups in total. The highest BCUT2D eigenvalue weighted by atomic mass is 79.9. The molecule has 4 nitrogen and oxygen atoms in total. The minimum Gasteiger partial charge on any atom is -0.507 e. The molecule has 0 spiro atoms. The van der Waals surface area contributed by atoms with E-state index in [9.17, 15) is 9.90 Å². The van der Waals surface area contributed by atoms with E-state index in [1.807, 2.05) is 54.6 Å². The fourth-order valence-corrected chi connectivity index (χ4v) is 3.25. The summed E-state index contributed by atoms with van der Waals surface area (Å²) in [7, 11) is 0. The van der Waals surface area contributed by atoms with Crippen molar-refractivity contribution in [2.75, 3.05) is 0 Å². The Kier molecular flexibility index (Phi) is 4.69. The first-order chi connectivity index (χ1) is 13.1. The van der Waals surface area contributed by atoms with E-state index in [0.717, 1.165) is 15.6 Å². The first kappa shape index (κ1) is 17.4. The van der Waals surface area contributed by atoms with Crippen LogP contribution in [0.5, 0.6) is 11.5 Å². The van der Waals surface area contributed by atoms with Crippen molar-refractivity contribution in [2.45, 2.75) is 6.61 Å². The fourth-order valence-electron chi connectivity index (χ4n) is 2.85. The van der Waals surface area contributed by atoms with Gasteiger partial charge in [-0.2, -0.15) is 0 Å². The molecule has 0 atom stereocenters. The number of ether oxygens (including phenoxy) is 1. The van der Waals surface area contributed by atoms with Crippen LogP contribution in [-0.4, -0.2) is 5.11 Å². The van der Waals surface area contributed by atoms with Crippen molar-refractivity contribution in [2.24, 2.45) is 0 Å². The van der Waals surface area contributed by atoms with Gasteiger partial charge in [-0.05, 0) is 6.07 Å². The van der Waals surface area contributed by atoms with E-state index in [1.54, 1.807) is 6.07 Å². The average molecular weight is 423 g/mol. The van der Waals surface area contributed by atoms with E-state index in [4.69, 9.17) is 9.15 Å². The molecule has 0 aliphatic rings. The number of fused-ring (bicyclic) bond motifs is 1. The summed E-state index contributed by atoms with van der Waals surface area (Å²) in [5, 5.41) is 10.4. The van der Waals surface area contributed by atoms with Crippen LogP contribution in [0.25, 0.3) is 22.3 Å². The molecule has 27 heavy (non-hydrogen) atoms. The summed E-state index contributed by atoms with van der Waals surface area (Å²) in [6.45, 7) is 0.314. The predicted octanol–water partition coefficient (Wildman–Crippen LogP) is 5.51. The lowest BCUT2D eigenvalue weighted by Crippen LogP contribution is -2.02. The molecule has 0 unspecified atom stereocenters. The van der Waals surface area contributed by atoms with E-state index in [0.29, 0.717) is 18.1 Å². The highest BCUT2D eigenvalue weighted by Gasteiger charge is 2.13. The highest BCUT2D eigenvalue weighted by Crippen LogP contribution is 2.31. The van der Waals surface area contributed by atoms with Crippen LogP contribution < -0.4 is 10.2 Å². The minimum absolute atomic E-state index is 0.142. The zero-order valence-electron chi connectivity index (χ0n) is 14.2. The molecule has 4 aromatic rings. The Hall–Kier alpha value is -3.05. The molecule has 0 fully saturated rings. The Balaban J connectivity index is 1.73. The summed E-state index contributed by atoms with van der Waals surface area (Å²) >= 11 is 3.48. The molecule has 3 aromatic carbocycles. The molecule has 5 heteroatoms. The van der Waals surface area contributed by atoms with Gasteiger partial charge in [-0.25, -0.2) is 0 Å². The van der Waals surface area contributed by atoms with Gasteiger partial charge in [0.15, 0.2) is 5.43 Å². The van der Waals surface area contributed by atoms with E-state index in [-0.39, 0.29) is 22.1 Å².